The van der Waals surface area contributed by atoms with Crippen LogP contribution in [0.5, 0.6) is 5.75 Å². The van der Waals surface area contributed by atoms with Crippen LogP contribution in [0.3, 0.4) is 0 Å². The number of hydrogen-bond donors (Lipinski definition) is 0. The Hall–Kier alpha value is -1.95. The molecule has 1 heterocycles. The molecule has 0 atom stereocenters. The Kier molecular flexibility index (Phi) is 4.11. The van der Waals surface area contributed by atoms with Crippen LogP contribution in [0.4, 0.5) is 5.69 Å². The summed E-state index contributed by atoms with van der Waals surface area (Å²) in [6, 6.07) is 4.90. The van der Waals surface area contributed by atoms with E-state index in [0.717, 1.165) is 18.5 Å². The monoisotopic (exact) mass is 264 g/mol. The number of piperidine rings is 1. The molecule has 1 fully saturated rings. The molecule has 0 aliphatic carbocycles. The maximum atomic E-state index is 11.4. The van der Waals surface area contributed by atoms with Gasteiger partial charge in [0.15, 0.2) is 5.75 Å². The second kappa shape index (κ2) is 5.79. The molecule has 1 aliphatic rings. The summed E-state index contributed by atoms with van der Waals surface area (Å²) < 4.78 is 4.96. The molecule has 0 spiro atoms. The molecule has 0 unspecified atom stereocenters. The van der Waals surface area contributed by atoms with Crippen LogP contribution in [-0.2, 0) is 11.3 Å². The first kappa shape index (κ1) is 13.5. The Balaban J connectivity index is 2.14. The highest BCUT2D eigenvalue weighted by atomic mass is 16.6. The smallest absolute Gasteiger partial charge is 0.311 e. The molecule has 0 N–H and O–H groups in total. The molecule has 6 heteroatoms. The molecule has 0 amide bonds. The van der Waals surface area contributed by atoms with Crippen LogP contribution in [0.15, 0.2) is 18.2 Å². The average Bonchev–Trinajstić information content (AvgIpc) is 2.38. The molecule has 1 aliphatic heterocycles. The molecule has 0 bridgehead atoms. The largest absolute Gasteiger partial charge is 0.490 e. The third-order valence-corrected chi connectivity index (χ3v) is 3.18. The summed E-state index contributed by atoms with van der Waals surface area (Å²) >= 11 is 0. The number of nitro benzene ring substituents is 1. The van der Waals surface area contributed by atoms with Gasteiger partial charge in [0, 0.05) is 19.0 Å². The van der Waals surface area contributed by atoms with Gasteiger partial charge in [0.25, 0.3) is 0 Å². The molecular weight excluding hydrogens is 248 g/mol. The Morgan fingerprint density at radius 1 is 1.47 bits per heavy atom. The van der Waals surface area contributed by atoms with Crippen molar-refractivity contribution in [3.8, 4) is 5.75 Å². The van der Waals surface area contributed by atoms with E-state index in [2.05, 4.69) is 0 Å². The lowest BCUT2D eigenvalue weighted by molar-refractivity contribution is -0.385. The van der Waals surface area contributed by atoms with Gasteiger partial charge in [0.05, 0.1) is 18.6 Å². The third-order valence-electron chi connectivity index (χ3n) is 3.18. The Morgan fingerprint density at radius 2 is 2.26 bits per heavy atom. The predicted molar refractivity (Wildman–Crippen MR) is 69.2 cm³/mol. The van der Waals surface area contributed by atoms with Crippen LogP contribution in [0.2, 0.25) is 0 Å². The molecule has 0 radical (unpaired) electrons. The third kappa shape index (κ3) is 3.29. The lowest BCUT2D eigenvalue weighted by Crippen LogP contribution is -2.34. The molecular formula is C13H16N2O4. The fourth-order valence-corrected chi connectivity index (χ4v) is 2.28. The minimum Gasteiger partial charge on any atom is -0.490 e. The van der Waals surface area contributed by atoms with Gasteiger partial charge in [-0.05, 0) is 24.6 Å². The average molecular weight is 264 g/mol. The van der Waals surface area contributed by atoms with Crippen LogP contribution in [0.1, 0.15) is 18.4 Å². The minimum atomic E-state index is -0.455. The summed E-state index contributed by atoms with van der Waals surface area (Å²) in [5, 5.41) is 10.9. The van der Waals surface area contributed by atoms with Gasteiger partial charge in [-0.15, -0.1) is 0 Å². The van der Waals surface area contributed by atoms with E-state index in [0.29, 0.717) is 19.5 Å². The van der Waals surface area contributed by atoms with Crippen molar-refractivity contribution in [1.82, 2.24) is 4.90 Å². The number of carbonyl (C=O) groups is 1. The summed E-state index contributed by atoms with van der Waals surface area (Å²) in [6.45, 7) is 1.84. The SMILES string of the molecule is COc1ccc(CN2CCCC(=O)C2)cc1[N+](=O)[O-]. The number of likely N-dealkylation sites (tertiary alicyclic amines) is 1. The van der Waals surface area contributed by atoms with E-state index < -0.39 is 4.92 Å². The van der Waals surface area contributed by atoms with Gasteiger partial charge < -0.3 is 4.74 Å². The van der Waals surface area contributed by atoms with Crippen molar-refractivity contribution in [2.75, 3.05) is 20.2 Å². The van der Waals surface area contributed by atoms with E-state index in [4.69, 9.17) is 4.74 Å². The first-order valence-corrected chi connectivity index (χ1v) is 6.15. The van der Waals surface area contributed by atoms with Crippen LogP contribution in [0.25, 0.3) is 0 Å². The maximum Gasteiger partial charge on any atom is 0.311 e. The van der Waals surface area contributed by atoms with E-state index in [1.165, 1.54) is 13.2 Å². The highest BCUT2D eigenvalue weighted by Crippen LogP contribution is 2.28. The first-order chi connectivity index (χ1) is 9.10. The highest BCUT2D eigenvalue weighted by molar-refractivity contribution is 5.81. The summed E-state index contributed by atoms with van der Waals surface area (Å²) in [5.41, 5.74) is 0.783. The van der Waals surface area contributed by atoms with Crippen molar-refractivity contribution < 1.29 is 14.5 Å². The molecule has 19 heavy (non-hydrogen) atoms. The van der Waals surface area contributed by atoms with E-state index in [1.54, 1.807) is 12.1 Å². The number of nitrogens with zero attached hydrogens (tertiary/aromatic N) is 2. The second-order valence-electron chi connectivity index (χ2n) is 4.62. The van der Waals surface area contributed by atoms with Crippen LogP contribution in [0, 0.1) is 10.1 Å². The summed E-state index contributed by atoms with van der Waals surface area (Å²) in [5.74, 6) is 0.484. The Bertz CT molecular complexity index is 501. The zero-order valence-corrected chi connectivity index (χ0v) is 10.8. The quantitative estimate of drug-likeness (QED) is 0.612. The van der Waals surface area contributed by atoms with Gasteiger partial charge in [-0.2, -0.15) is 0 Å². The second-order valence-corrected chi connectivity index (χ2v) is 4.62. The Morgan fingerprint density at radius 3 is 2.89 bits per heavy atom. The predicted octanol–water partition coefficient (Wildman–Crippen LogP) is 1.77. The number of methoxy groups -OCH3 is 1. The fourth-order valence-electron chi connectivity index (χ4n) is 2.28. The number of rotatable bonds is 4. The van der Waals surface area contributed by atoms with Crippen LogP contribution >= 0.6 is 0 Å². The number of Topliss-reactive ketones (excluding diaryl/α,β-unsaturated/α-hetero) is 1. The number of nitro groups is 1. The number of benzene rings is 1. The number of hydrogen-bond acceptors (Lipinski definition) is 5. The van der Waals surface area contributed by atoms with Gasteiger partial charge in [0.1, 0.15) is 5.78 Å². The summed E-state index contributed by atoms with van der Waals surface area (Å²) in [7, 11) is 1.41. The molecule has 1 saturated heterocycles. The molecule has 102 valence electrons. The van der Waals surface area contributed by atoms with Crippen LogP contribution < -0.4 is 4.74 Å². The fraction of sp³-hybridized carbons (Fsp3) is 0.462. The summed E-state index contributed by atoms with van der Waals surface area (Å²) in [4.78, 5) is 23.9. The highest BCUT2D eigenvalue weighted by Gasteiger charge is 2.19. The van der Waals surface area contributed by atoms with Gasteiger partial charge in [-0.3, -0.25) is 19.8 Å². The van der Waals surface area contributed by atoms with Gasteiger partial charge in [-0.25, -0.2) is 0 Å². The van der Waals surface area contributed by atoms with E-state index >= 15 is 0 Å². The maximum absolute atomic E-state index is 11.4. The first-order valence-electron chi connectivity index (χ1n) is 6.15. The molecule has 0 aromatic heterocycles. The lowest BCUT2D eigenvalue weighted by atomic mass is 10.1. The topological polar surface area (TPSA) is 72.7 Å². The van der Waals surface area contributed by atoms with Gasteiger partial charge in [0.2, 0.25) is 0 Å². The number of ether oxygens (including phenoxy) is 1. The van der Waals surface area contributed by atoms with Crippen molar-refractivity contribution in [2.45, 2.75) is 19.4 Å². The molecule has 6 nitrogen and oxygen atoms in total. The van der Waals surface area contributed by atoms with Crippen molar-refractivity contribution in [1.29, 1.82) is 0 Å². The van der Waals surface area contributed by atoms with Crippen molar-refractivity contribution in [2.24, 2.45) is 0 Å². The normalized spacial score (nSPS) is 16.4. The van der Waals surface area contributed by atoms with E-state index in [9.17, 15) is 14.9 Å². The number of carbonyl (C=O) groups excluding carboxylic acids is 1. The molecule has 1 aromatic carbocycles. The number of ketones is 1. The lowest BCUT2D eigenvalue weighted by Gasteiger charge is -2.25. The molecule has 2 rings (SSSR count). The van der Waals surface area contributed by atoms with Crippen LogP contribution in [-0.4, -0.2) is 35.8 Å². The standard InChI is InChI=1S/C13H16N2O4/c1-19-13-5-4-10(7-12(13)15(17)18)8-14-6-2-3-11(16)9-14/h4-5,7H,2-3,6,8-9H2,1H3. The van der Waals surface area contributed by atoms with Gasteiger partial charge in [-0.1, -0.05) is 6.07 Å². The van der Waals surface area contributed by atoms with E-state index in [1.807, 2.05) is 4.90 Å². The van der Waals surface area contributed by atoms with Gasteiger partial charge >= 0.3 is 5.69 Å². The summed E-state index contributed by atoms with van der Waals surface area (Å²) in [6.07, 6.45) is 1.50. The minimum absolute atomic E-state index is 0.0386. The zero-order valence-electron chi connectivity index (χ0n) is 10.8. The van der Waals surface area contributed by atoms with E-state index in [-0.39, 0.29) is 17.2 Å². The zero-order chi connectivity index (χ0) is 13.8. The van der Waals surface area contributed by atoms with Crippen molar-refractivity contribution in [3.05, 3.63) is 33.9 Å². The molecule has 0 saturated carbocycles. The van der Waals surface area contributed by atoms with Crippen molar-refractivity contribution in [3.63, 3.8) is 0 Å². The van der Waals surface area contributed by atoms with Crippen molar-refractivity contribution >= 4 is 11.5 Å². The molecule has 1 aromatic rings. The Labute approximate surface area is 111 Å².